The van der Waals surface area contributed by atoms with Gasteiger partial charge >= 0.3 is 0 Å². The van der Waals surface area contributed by atoms with Crippen molar-refractivity contribution in [3.05, 3.63) is 0 Å². The molecule has 1 aliphatic carbocycles. The van der Waals surface area contributed by atoms with E-state index in [1.807, 2.05) is 0 Å². The molecule has 2 fully saturated rings. The smallest absolute Gasteiger partial charge is 0.0989 e. The SMILES string of the molecule is N=C(C1CC1)N1CCC1. The van der Waals surface area contributed by atoms with E-state index in [1.54, 1.807) is 0 Å². The van der Waals surface area contributed by atoms with E-state index in [0.717, 1.165) is 18.9 Å². The van der Waals surface area contributed by atoms with Crippen LogP contribution in [0.5, 0.6) is 0 Å². The van der Waals surface area contributed by atoms with Crippen molar-refractivity contribution < 1.29 is 0 Å². The minimum absolute atomic E-state index is 0.658. The fourth-order valence-electron chi connectivity index (χ4n) is 1.17. The quantitative estimate of drug-likeness (QED) is 0.411. The molecule has 1 aliphatic heterocycles. The summed E-state index contributed by atoms with van der Waals surface area (Å²) < 4.78 is 0. The van der Waals surface area contributed by atoms with Crippen LogP contribution in [0.4, 0.5) is 0 Å². The first kappa shape index (κ1) is 5.27. The summed E-state index contributed by atoms with van der Waals surface area (Å²) in [6, 6.07) is 0. The highest BCUT2D eigenvalue weighted by atomic mass is 15.2. The van der Waals surface area contributed by atoms with E-state index < -0.39 is 0 Å². The average molecular weight is 124 g/mol. The molecule has 1 saturated carbocycles. The Hall–Kier alpha value is -0.530. The Balaban J connectivity index is 1.88. The predicted octanol–water partition coefficient (Wildman–Crippen LogP) is 1.08. The van der Waals surface area contributed by atoms with Crippen LogP contribution in [-0.2, 0) is 0 Å². The Morgan fingerprint density at radius 1 is 1.33 bits per heavy atom. The van der Waals surface area contributed by atoms with Crippen molar-refractivity contribution in [2.24, 2.45) is 5.92 Å². The van der Waals surface area contributed by atoms with Crippen LogP contribution in [0.3, 0.4) is 0 Å². The van der Waals surface area contributed by atoms with Crippen molar-refractivity contribution in [2.75, 3.05) is 13.1 Å². The molecule has 0 atom stereocenters. The molecule has 0 aromatic carbocycles. The number of nitrogens with one attached hydrogen (secondary N) is 1. The molecule has 1 saturated heterocycles. The number of hydrogen-bond donors (Lipinski definition) is 1. The van der Waals surface area contributed by atoms with E-state index in [4.69, 9.17) is 5.41 Å². The van der Waals surface area contributed by atoms with Crippen LogP contribution in [-0.4, -0.2) is 23.8 Å². The lowest BCUT2D eigenvalue weighted by atomic mass is 10.2. The van der Waals surface area contributed by atoms with Gasteiger partial charge in [0.1, 0.15) is 0 Å². The average Bonchev–Trinajstić information content (AvgIpc) is 2.37. The number of amidine groups is 1. The molecule has 2 aliphatic rings. The molecule has 2 rings (SSSR count). The van der Waals surface area contributed by atoms with Crippen molar-refractivity contribution in [3.8, 4) is 0 Å². The van der Waals surface area contributed by atoms with Crippen LogP contribution in [0.25, 0.3) is 0 Å². The lowest BCUT2D eigenvalue weighted by molar-refractivity contribution is 0.290. The maximum absolute atomic E-state index is 7.59. The van der Waals surface area contributed by atoms with E-state index in [-0.39, 0.29) is 0 Å². The van der Waals surface area contributed by atoms with Crippen LogP contribution in [0.2, 0.25) is 0 Å². The third-order valence-corrected chi connectivity index (χ3v) is 2.16. The molecule has 0 aromatic heterocycles. The first-order chi connectivity index (χ1) is 4.38. The highest BCUT2D eigenvalue weighted by Gasteiger charge is 2.31. The molecule has 0 unspecified atom stereocenters. The Kier molecular flexibility index (Phi) is 1.01. The summed E-state index contributed by atoms with van der Waals surface area (Å²) in [4.78, 5) is 2.19. The highest BCUT2D eigenvalue weighted by Crippen LogP contribution is 2.32. The van der Waals surface area contributed by atoms with Crippen LogP contribution >= 0.6 is 0 Å². The van der Waals surface area contributed by atoms with Gasteiger partial charge in [0.15, 0.2) is 0 Å². The second-order valence-electron chi connectivity index (χ2n) is 3.00. The molecule has 50 valence electrons. The Morgan fingerprint density at radius 3 is 2.33 bits per heavy atom. The Bertz CT molecular complexity index is 134. The number of rotatable bonds is 1. The fourth-order valence-corrected chi connectivity index (χ4v) is 1.17. The summed E-state index contributed by atoms with van der Waals surface area (Å²) in [7, 11) is 0. The summed E-state index contributed by atoms with van der Waals surface area (Å²) in [5.74, 6) is 1.58. The third-order valence-electron chi connectivity index (χ3n) is 2.16. The van der Waals surface area contributed by atoms with Gasteiger partial charge in [-0.15, -0.1) is 0 Å². The van der Waals surface area contributed by atoms with Gasteiger partial charge in [-0.2, -0.15) is 0 Å². The summed E-state index contributed by atoms with van der Waals surface area (Å²) in [6.07, 6.45) is 3.85. The van der Waals surface area contributed by atoms with E-state index in [9.17, 15) is 0 Å². The van der Waals surface area contributed by atoms with Gasteiger partial charge in [-0.05, 0) is 19.3 Å². The van der Waals surface area contributed by atoms with Crippen molar-refractivity contribution >= 4 is 5.84 Å². The largest absolute Gasteiger partial charge is 0.360 e. The highest BCUT2D eigenvalue weighted by molar-refractivity contribution is 5.84. The molecule has 0 spiro atoms. The van der Waals surface area contributed by atoms with E-state index in [1.165, 1.54) is 19.3 Å². The normalized spacial score (nSPS) is 25.6. The Labute approximate surface area is 55.4 Å². The van der Waals surface area contributed by atoms with Gasteiger partial charge < -0.3 is 4.90 Å². The zero-order valence-electron chi connectivity index (χ0n) is 5.56. The lowest BCUT2D eigenvalue weighted by Gasteiger charge is -2.33. The van der Waals surface area contributed by atoms with E-state index in [2.05, 4.69) is 4.90 Å². The van der Waals surface area contributed by atoms with Crippen molar-refractivity contribution in [2.45, 2.75) is 19.3 Å². The van der Waals surface area contributed by atoms with Gasteiger partial charge in [0.05, 0.1) is 5.84 Å². The zero-order valence-corrected chi connectivity index (χ0v) is 5.56. The molecule has 2 heteroatoms. The summed E-state index contributed by atoms with van der Waals surface area (Å²) >= 11 is 0. The third kappa shape index (κ3) is 0.824. The minimum Gasteiger partial charge on any atom is -0.360 e. The Morgan fingerprint density at radius 2 is 2.00 bits per heavy atom. The number of hydrogen-bond acceptors (Lipinski definition) is 1. The molecule has 2 nitrogen and oxygen atoms in total. The van der Waals surface area contributed by atoms with E-state index >= 15 is 0 Å². The van der Waals surface area contributed by atoms with Crippen molar-refractivity contribution in [3.63, 3.8) is 0 Å². The van der Waals surface area contributed by atoms with Crippen LogP contribution < -0.4 is 0 Å². The van der Waals surface area contributed by atoms with Gasteiger partial charge in [0.2, 0.25) is 0 Å². The maximum Gasteiger partial charge on any atom is 0.0989 e. The molecule has 0 aromatic rings. The number of nitrogens with zero attached hydrogens (tertiary/aromatic N) is 1. The fraction of sp³-hybridized carbons (Fsp3) is 0.857. The van der Waals surface area contributed by atoms with Crippen LogP contribution in [0.15, 0.2) is 0 Å². The van der Waals surface area contributed by atoms with Gasteiger partial charge in [-0.3, -0.25) is 5.41 Å². The van der Waals surface area contributed by atoms with Crippen LogP contribution in [0.1, 0.15) is 19.3 Å². The zero-order chi connectivity index (χ0) is 6.27. The summed E-state index contributed by atoms with van der Waals surface area (Å²) in [5, 5.41) is 7.59. The monoisotopic (exact) mass is 124 g/mol. The first-order valence-electron chi connectivity index (χ1n) is 3.71. The molecule has 1 heterocycles. The standard InChI is InChI=1S/C7H12N2/c8-7(6-2-3-6)9-4-1-5-9/h6,8H,1-5H2. The van der Waals surface area contributed by atoms with Gasteiger partial charge in [0, 0.05) is 19.0 Å². The minimum atomic E-state index is 0.658. The first-order valence-corrected chi connectivity index (χ1v) is 3.71. The molecule has 0 amide bonds. The summed E-state index contributed by atoms with van der Waals surface area (Å²) in [6.45, 7) is 2.30. The molecular formula is C7H12N2. The van der Waals surface area contributed by atoms with Crippen molar-refractivity contribution in [1.29, 1.82) is 5.41 Å². The van der Waals surface area contributed by atoms with Gasteiger partial charge in [-0.25, -0.2) is 0 Å². The molecule has 9 heavy (non-hydrogen) atoms. The van der Waals surface area contributed by atoms with Gasteiger partial charge in [0.25, 0.3) is 0 Å². The molecule has 1 N–H and O–H groups in total. The number of likely N-dealkylation sites (tertiary alicyclic amines) is 1. The second kappa shape index (κ2) is 1.72. The second-order valence-corrected chi connectivity index (χ2v) is 3.00. The molecule has 0 radical (unpaired) electrons. The summed E-state index contributed by atoms with van der Waals surface area (Å²) in [5.41, 5.74) is 0. The lowest BCUT2D eigenvalue weighted by Crippen LogP contribution is -2.42. The topological polar surface area (TPSA) is 27.1 Å². The van der Waals surface area contributed by atoms with E-state index in [0.29, 0.717) is 5.92 Å². The van der Waals surface area contributed by atoms with Crippen molar-refractivity contribution in [1.82, 2.24) is 4.90 Å². The maximum atomic E-state index is 7.59. The molecular weight excluding hydrogens is 112 g/mol. The molecule has 0 bridgehead atoms. The predicted molar refractivity (Wildman–Crippen MR) is 36.6 cm³/mol. The van der Waals surface area contributed by atoms with Gasteiger partial charge in [-0.1, -0.05) is 0 Å². The van der Waals surface area contributed by atoms with Crippen LogP contribution in [0, 0.1) is 11.3 Å².